The van der Waals surface area contributed by atoms with E-state index in [0.29, 0.717) is 26.2 Å². The SMILES string of the molecule is O=C(C=Cc1ccsc1)N1CCC2(CC1)CCN(C(=O)c1cccnc1OCC(F)(F)F)C2. The highest BCUT2D eigenvalue weighted by atomic mass is 32.1. The van der Waals surface area contributed by atoms with Crippen LogP contribution in [0.4, 0.5) is 13.2 Å². The summed E-state index contributed by atoms with van der Waals surface area (Å²) in [4.78, 5) is 32.8. The molecule has 4 heterocycles. The molecular weight excluding hydrogens is 455 g/mol. The lowest BCUT2D eigenvalue weighted by atomic mass is 9.78. The van der Waals surface area contributed by atoms with Crippen molar-refractivity contribution >= 4 is 29.2 Å². The van der Waals surface area contributed by atoms with Gasteiger partial charge in [0.1, 0.15) is 5.56 Å². The Morgan fingerprint density at radius 3 is 2.55 bits per heavy atom. The fourth-order valence-corrected chi connectivity index (χ4v) is 4.98. The molecule has 6 nitrogen and oxygen atoms in total. The molecule has 0 atom stereocenters. The lowest BCUT2D eigenvalue weighted by molar-refractivity contribution is -0.154. The average molecular weight is 480 g/mol. The second kappa shape index (κ2) is 9.54. The van der Waals surface area contributed by atoms with Crippen LogP contribution in [0.25, 0.3) is 6.08 Å². The topological polar surface area (TPSA) is 62.7 Å². The molecule has 2 aliphatic rings. The third-order valence-electron chi connectivity index (χ3n) is 6.20. The van der Waals surface area contributed by atoms with Crippen LogP contribution in [0.3, 0.4) is 0 Å². The Morgan fingerprint density at radius 1 is 1.15 bits per heavy atom. The number of piperidine rings is 1. The molecule has 0 aliphatic carbocycles. The summed E-state index contributed by atoms with van der Waals surface area (Å²) in [5, 5.41) is 3.93. The first-order valence-corrected chi connectivity index (χ1v) is 11.6. The quantitative estimate of drug-likeness (QED) is 0.602. The summed E-state index contributed by atoms with van der Waals surface area (Å²) in [5.41, 5.74) is 0.948. The number of amides is 2. The van der Waals surface area contributed by atoms with Crippen LogP contribution in [-0.2, 0) is 4.79 Å². The molecule has 10 heteroatoms. The average Bonchev–Trinajstić information content (AvgIpc) is 3.46. The molecule has 0 saturated carbocycles. The number of alkyl halides is 3. The molecule has 2 aromatic rings. The number of halogens is 3. The van der Waals surface area contributed by atoms with Crippen molar-refractivity contribution in [3.8, 4) is 5.88 Å². The van der Waals surface area contributed by atoms with Crippen molar-refractivity contribution in [2.24, 2.45) is 5.41 Å². The zero-order chi connectivity index (χ0) is 23.5. The lowest BCUT2D eigenvalue weighted by Crippen LogP contribution is -2.44. The molecule has 0 unspecified atom stereocenters. The molecule has 1 spiro atoms. The molecule has 2 aliphatic heterocycles. The lowest BCUT2D eigenvalue weighted by Gasteiger charge is -2.39. The van der Waals surface area contributed by atoms with Gasteiger partial charge in [0.05, 0.1) is 0 Å². The third kappa shape index (κ3) is 5.73. The molecule has 2 amide bonds. The van der Waals surface area contributed by atoms with Crippen molar-refractivity contribution in [1.82, 2.24) is 14.8 Å². The minimum Gasteiger partial charge on any atom is -0.467 e. The number of rotatable bonds is 5. The number of likely N-dealkylation sites (tertiary alicyclic amines) is 2. The third-order valence-corrected chi connectivity index (χ3v) is 6.90. The molecule has 0 N–H and O–H groups in total. The highest BCUT2D eigenvalue weighted by Crippen LogP contribution is 2.41. The van der Waals surface area contributed by atoms with Crippen LogP contribution in [0.1, 0.15) is 35.2 Å². The predicted octanol–water partition coefficient (Wildman–Crippen LogP) is 4.25. The fraction of sp³-hybridized carbons (Fsp3) is 0.435. The minimum absolute atomic E-state index is 0.0243. The van der Waals surface area contributed by atoms with Crippen LogP contribution in [0.15, 0.2) is 41.2 Å². The number of hydrogen-bond acceptors (Lipinski definition) is 5. The molecule has 2 aromatic heterocycles. The second-order valence-electron chi connectivity index (χ2n) is 8.45. The molecule has 2 saturated heterocycles. The molecule has 4 rings (SSSR count). The Hall–Kier alpha value is -2.88. The first kappa shape index (κ1) is 23.3. The normalized spacial score (nSPS) is 18.3. The summed E-state index contributed by atoms with van der Waals surface area (Å²) in [6.45, 7) is 0.743. The van der Waals surface area contributed by atoms with Crippen molar-refractivity contribution < 1.29 is 27.5 Å². The number of nitrogens with zero attached hydrogens (tertiary/aromatic N) is 3. The number of carbonyl (C=O) groups excluding carboxylic acids is 2. The summed E-state index contributed by atoms with van der Waals surface area (Å²) in [6.07, 6.45) is 2.54. The Morgan fingerprint density at radius 2 is 1.88 bits per heavy atom. The molecule has 0 aromatic carbocycles. The van der Waals surface area contributed by atoms with E-state index >= 15 is 0 Å². The highest BCUT2D eigenvalue weighted by molar-refractivity contribution is 7.08. The van der Waals surface area contributed by atoms with Gasteiger partial charge in [-0.2, -0.15) is 24.5 Å². The Kier molecular flexibility index (Phi) is 6.73. The van der Waals surface area contributed by atoms with Gasteiger partial charge in [0.25, 0.3) is 5.91 Å². The van der Waals surface area contributed by atoms with Gasteiger partial charge >= 0.3 is 6.18 Å². The minimum atomic E-state index is -4.51. The van der Waals surface area contributed by atoms with Crippen LogP contribution < -0.4 is 4.74 Å². The van der Waals surface area contributed by atoms with E-state index in [2.05, 4.69) is 4.98 Å². The monoisotopic (exact) mass is 479 g/mol. The van der Waals surface area contributed by atoms with Gasteiger partial charge in [0.2, 0.25) is 11.8 Å². The Labute approximate surface area is 193 Å². The van der Waals surface area contributed by atoms with E-state index in [1.54, 1.807) is 22.3 Å². The molecule has 0 bridgehead atoms. The van der Waals surface area contributed by atoms with Crippen LogP contribution in [-0.4, -0.2) is 65.6 Å². The van der Waals surface area contributed by atoms with Crippen molar-refractivity contribution in [2.45, 2.75) is 25.4 Å². The summed E-state index contributed by atoms with van der Waals surface area (Å²) < 4.78 is 42.4. The largest absolute Gasteiger partial charge is 0.467 e. The zero-order valence-corrected chi connectivity index (χ0v) is 18.7. The van der Waals surface area contributed by atoms with Gasteiger partial charge < -0.3 is 14.5 Å². The standard InChI is InChI=1S/C23H24F3N3O3S/c24-23(25,26)16-32-20-18(2-1-9-27-20)21(31)29-12-8-22(15-29)6-10-28(11-7-22)19(30)4-3-17-5-13-33-14-17/h1-5,9,13-14H,6-8,10-12,15-16H2. The van der Waals surface area contributed by atoms with Crippen LogP contribution in [0.5, 0.6) is 5.88 Å². The van der Waals surface area contributed by atoms with E-state index in [9.17, 15) is 22.8 Å². The van der Waals surface area contributed by atoms with Gasteiger partial charge in [0.15, 0.2) is 6.61 Å². The van der Waals surface area contributed by atoms with E-state index in [4.69, 9.17) is 4.74 Å². The van der Waals surface area contributed by atoms with Gasteiger partial charge in [-0.3, -0.25) is 9.59 Å². The van der Waals surface area contributed by atoms with Crippen molar-refractivity contribution in [3.63, 3.8) is 0 Å². The van der Waals surface area contributed by atoms with Crippen molar-refractivity contribution in [2.75, 3.05) is 32.8 Å². The number of thiophene rings is 1. The van der Waals surface area contributed by atoms with E-state index in [-0.39, 0.29) is 28.7 Å². The molecular formula is C23H24F3N3O3S. The van der Waals surface area contributed by atoms with Crippen LogP contribution in [0, 0.1) is 5.41 Å². The zero-order valence-electron chi connectivity index (χ0n) is 17.9. The first-order chi connectivity index (χ1) is 15.7. The maximum absolute atomic E-state index is 13.0. The maximum atomic E-state index is 13.0. The van der Waals surface area contributed by atoms with Gasteiger partial charge in [0, 0.05) is 38.5 Å². The first-order valence-electron chi connectivity index (χ1n) is 10.7. The number of pyridine rings is 1. The predicted molar refractivity (Wildman–Crippen MR) is 118 cm³/mol. The maximum Gasteiger partial charge on any atom is 0.422 e. The van der Waals surface area contributed by atoms with Crippen LogP contribution in [0.2, 0.25) is 0 Å². The number of aromatic nitrogens is 1. The molecule has 2 fully saturated rings. The van der Waals surface area contributed by atoms with E-state index < -0.39 is 12.8 Å². The molecule has 0 radical (unpaired) electrons. The van der Waals surface area contributed by atoms with Crippen molar-refractivity contribution in [1.29, 1.82) is 0 Å². The second-order valence-corrected chi connectivity index (χ2v) is 9.23. The van der Waals surface area contributed by atoms with Gasteiger partial charge in [-0.15, -0.1) is 0 Å². The molecule has 33 heavy (non-hydrogen) atoms. The summed E-state index contributed by atoms with van der Waals surface area (Å²) in [5.74, 6) is -0.711. The van der Waals surface area contributed by atoms with E-state index in [1.807, 2.05) is 27.8 Å². The Balaban J connectivity index is 1.34. The molecule has 176 valence electrons. The van der Waals surface area contributed by atoms with E-state index in [0.717, 1.165) is 24.8 Å². The fourth-order valence-electron chi connectivity index (χ4n) is 4.35. The van der Waals surface area contributed by atoms with Gasteiger partial charge in [-0.05, 0) is 65.3 Å². The smallest absolute Gasteiger partial charge is 0.422 e. The van der Waals surface area contributed by atoms with Gasteiger partial charge in [-0.1, -0.05) is 0 Å². The summed E-state index contributed by atoms with van der Waals surface area (Å²) >= 11 is 1.57. The van der Waals surface area contributed by atoms with Crippen LogP contribution >= 0.6 is 11.3 Å². The van der Waals surface area contributed by atoms with Gasteiger partial charge in [-0.25, -0.2) is 4.98 Å². The summed E-state index contributed by atoms with van der Waals surface area (Å²) in [7, 11) is 0. The Bertz CT molecular complexity index is 1020. The number of carbonyl (C=O) groups is 2. The highest BCUT2D eigenvalue weighted by Gasteiger charge is 2.43. The van der Waals surface area contributed by atoms with Crippen molar-refractivity contribution in [3.05, 3.63) is 52.4 Å². The summed E-state index contributed by atoms with van der Waals surface area (Å²) in [6, 6.07) is 4.89. The van der Waals surface area contributed by atoms with E-state index in [1.165, 1.54) is 18.3 Å². The number of ether oxygens (including phenoxy) is 1. The number of hydrogen-bond donors (Lipinski definition) is 0.